The highest BCUT2D eigenvalue weighted by atomic mass is 35.5. The van der Waals surface area contributed by atoms with Crippen molar-refractivity contribution in [3.05, 3.63) is 22.7 Å². The molecule has 1 aromatic rings. The van der Waals surface area contributed by atoms with Gasteiger partial charge in [0.1, 0.15) is 6.61 Å². The summed E-state index contributed by atoms with van der Waals surface area (Å²) in [7, 11) is 3.41. The number of amides is 1. The normalized spacial score (nSPS) is 17.6. The predicted octanol–water partition coefficient (Wildman–Crippen LogP) is 1.56. The second kappa shape index (κ2) is 6.67. The number of carbonyl (C=O) groups is 1. The first-order chi connectivity index (χ1) is 9.63. The standard InChI is InChI=1S/C13H17ClN2O4/c1-15-5-8-3-10(14)12(11(4-8)18-2)19-7-9-6-16-13(17)20-9/h3-4,9,15H,5-7H2,1-2H3,(H,16,17). The van der Waals surface area contributed by atoms with Gasteiger partial charge in [-0.1, -0.05) is 11.6 Å². The van der Waals surface area contributed by atoms with Crippen LogP contribution in [0.4, 0.5) is 4.79 Å². The minimum absolute atomic E-state index is 0.222. The molecule has 2 rings (SSSR count). The van der Waals surface area contributed by atoms with Gasteiger partial charge in [-0.15, -0.1) is 0 Å². The Morgan fingerprint density at radius 1 is 1.55 bits per heavy atom. The number of carbonyl (C=O) groups excluding carboxylic acids is 1. The van der Waals surface area contributed by atoms with E-state index < -0.39 is 6.09 Å². The van der Waals surface area contributed by atoms with Gasteiger partial charge in [0.05, 0.1) is 18.7 Å². The fraction of sp³-hybridized carbons (Fsp3) is 0.462. The van der Waals surface area contributed by atoms with Crippen molar-refractivity contribution < 1.29 is 19.0 Å². The predicted molar refractivity (Wildman–Crippen MR) is 74.5 cm³/mol. The van der Waals surface area contributed by atoms with Crippen molar-refractivity contribution in [3.8, 4) is 11.5 Å². The molecule has 1 saturated heterocycles. The summed E-state index contributed by atoms with van der Waals surface area (Å²) in [5.41, 5.74) is 0.996. The molecule has 1 amide bonds. The van der Waals surface area contributed by atoms with Crippen LogP contribution in [0.3, 0.4) is 0 Å². The van der Waals surface area contributed by atoms with E-state index in [-0.39, 0.29) is 12.7 Å². The van der Waals surface area contributed by atoms with E-state index in [2.05, 4.69) is 10.6 Å². The second-order valence-electron chi connectivity index (χ2n) is 4.36. The fourth-order valence-corrected chi connectivity index (χ4v) is 2.21. The van der Waals surface area contributed by atoms with E-state index in [0.29, 0.717) is 29.6 Å². The van der Waals surface area contributed by atoms with Gasteiger partial charge in [0.2, 0.25) is 0 Å². The van der Waals surface area contributed by atoms with E-state index in [1.807, 2.05) is 19.2 Å². The summed E-state index contributed by atoms with van der Waals surface area (Å²) in [5.74, 6) is 1.01. The average molecular weight is 301 g/mol. The van der Waals surface area contributed by atoms with Crippen LogP contribution in [0.1, 0.15) is 5.56 Å². The van der Waals surface area contributed by atoms with E-state index in [4.69, 9.17) is 25.8 Å². The van der Waals surface area contributed by atoms with Crippen molar-refractivity contribution in [2.24, 2.45) is 0 Å². The molecule has 1 aliphatic heterocycles. The smallest absolute Gasteiger partial charge is 0.407 e. The Kier molecular flexibility index (Phi) is 4.92. The first-order valence-electron chi connectivity index (χ1n) is 6.22. The maximum absolute atomic E-state index is 10.9. The number of ether oxygens (including phenoxy) is 3. The molecule has 1 heterocycles. The zero-order valence-electron chi connectivity index (χ0n) is 11.4. The molecule has 0 aliphatic carbocycles. The van der Waals surface area contributed by atoms with Crippen LogP contribution in [0.25, 0.3) is 0 Å². The number of hydrogen-bond donors (Lipinski definition) is 2. The topological polar surface area (TPSA) is 68.8 Å². The molecular weight excluding hydrogens is 284 g/mol. The first-order valence-corrected chi connectivity index (χ1v) is 6.60. The van der Waals surface area contributed by atoms with Gasteiger partial charge in [-0.25, -0.2) is 4.79 Å². The summed E-state index contributed by atoms with van der Waals surface area (Å²) in [6, 6.07) is 3.67. The molecule has 1 aromatic carbocycles. The maximum atomic E-state index is 10.9. The molecule has 1 unspecified atom stereocenters. The van der Waals surface area contributed by atoms with Gasteiger partial charge in [-0.3, -0.25) is 0 Å². The van der Waals surface area contributed by atoms with Gasteiger partial charge in [0.25, 0.3) is 0 Å². The molecule has 1 fully saturated rings. The maximum Gasteiger partial charge on any atom is 0.407 e. The van der Waals surface area contributed by atoms with Crippen LogP contribution >= 0.6 is 11.6 Å². The summed E-state index contributed by atoms with van der Waals surface area (Å²) >= 11 is 6.21. The molecule has 6 nitrogen and oxygen atoms in total. The van der Waals surface area contributed by atoms with Crippen LogP contribution in [0.2, 0.25) is 5.02 Å². The Hall–Kier alpha value is -1.66. The Morgan fingerprint density at radius 2 is 2.35 bits per heavy atom. The van der Waals surface area contributed by atoms with E-state index in [0.717, 1.165) is 5.56 Å². The van der Waals surface area contributed by atoms with Gasteiger partial charge in [0.15, 0.2) is 17.6 Å². The number of cyclic esters (lactones) is 1. The number of halogens is 1. The number of methoxy groups -OCH3 is 1. The fourth-order valence-electron chi connectivity index (χ4n) is 1.92. The van der Waals surface area contributed by atoms with Crippen LogP contribution in [-0.4, -0.2) is 39.5 Å². The Labute approximate surface area is 122 Å². The zero-order chi connectivity index (χ0) is 14.5. The number of nitrogens with one attached hydrogen (secondary N) is 2. The molecule has 7 heteroatoms. The van der Waals surface area contributed by atoms with Crippen molar-refractivity contribution >= 4 is 17.7 Å². The Balaban J connectivity index is 2.08. The highest BCUT2D eigenvalue weighted by molar-refractivity contribution is 6.32. The summed E-state index contributed by atoms with van der Waals surface area (Å²) in [5, 5.41) is 6.07. The van der Waals surface area contributed by atoms with Gasteiger partial charge < -0.3 is 24.8 Å². The van der Waals surface area contributed by atoms with Crippen molar-refractivity contribution in [1.29, 1.82) is 0 Å². The monoisotopic (exact) mass is 300 g/mol. The van der Waals surface area contributed by atoms with E-state index >= 15 is 0 Å². The third-order valence-corrected chi connectivity index (χ3v) is 3.11. The van der Waals surface area contributed by atoms with Crippen molar-refractivity contribution in [1.82, 2.24) is 10.6 Å². The summed E-state index contributed by atoms with van der Waals surface area (Å²) < 4.78 is 15.9. The largest absolute Gasteiger partial charge is 0.493 e. The van der Waals surface area contributed by atoms with Crippen LogP contribution in [0, 0.1) is 0 Å². The Morgan fingerprint density at radius 3 is 2.95 bits per heavy atom. The Bertz CT molecular complexity index is 496. The SMILES string of the molecule is CNCc1cc(Cl)c(OCC2CNC(=O)O2)c(OC)c1. The highest BCUT2D eigenvalue weighted by Gasteiger charge is 2.24. The highest BCUT2D eigenvalue weighted by Crippen LogP contribution is 2.36. The molecule has 110 valence electrons. The molecule has 2 N–H and O–H groups in total. The van der Waals surface area contributed by atoms with E-state index in [1.165, 1.54) is 0 Å². The van der Waals surface area contributed by atoms with Crippen molar-refractivity contribution in [3.63, 3.8) is 0 Å². The number of alkyl carbamates (subject to hydrolysis) is 1. The average Bonchev–Trinajstić information content (AvgIpc) is 2.83. The minimum Gasteiger partial charge on any atom is -0.493 e. The molecule has 1 atom stereocenters. The number of benzene rings is 1. The molecular formula is C13H17ClN2O4. The molecule has 0 aromatic heterocycles. The zero-order valence-corrected chi connectivity index (χ0v) is 12.1. The van der Waals surface area contributed by atoms with E-state index in [9.17, 15) is 4.79 Å². The van der Waals surface area contributed by atoms with Gasteiger partial charge in [0, 0.05) is 6.54 Å². The third kappa shape index (κ3) is 3.46. The van der Waals surface area contributed by atoms with Crippen LogP contribution in [0.15, 0.2) is 12.1 Å². The van der Waals surface area contributed by atoms with Crippen molar-refractivity contribution in [2.45, 2.75) is 12.6 Å². The molecule has 0 bridgehead atoms. The lowest BCUT2D eigenvalue weighted by Gasteiger charge is -2.15. The van der Waals surface area contributed by atoms with Crippen LogP contribution in [-0.2, 0) is 11.3 Å². The van der Waals surface area contributed by atoms with Gasteiger partial charge in [-0.05, 0) is 24.7 Å². The van der Waals surface area contributed by atoms with Crippen molar-refractivity contribution in [2.75, 3.05) is 27.3 Å². The summed E-state index contributed by atoms with van der Waals surface area (Å²) in [6.07, 6.45) is -0.749. The van der Waals surface area contributed by atoms with Crippen LogP contribution < -0.4 is 20.1 Å². The van der Waals surface area contributed by atoms with Gasteiger partial charge >= 0.3 is 6.09 Å². The molecule has 0 radical (unpaired) electrons. The second-order valence-corrected chi connectivity index (χ2v) is 4.77. The molecule has 20 heavy (non-hydrogen) atoms. The third-order valence-electron chi connectivity index (χ3n) is 2.83. The summed E-state index contributed by atoms with van der Waals surface area (Å²) in [4.78, 5) is 10.9. The molecule has 1 aliphatic rings. The lowest BCUT2D eigenvalue weighted by Crippen LogP contribution is -2.22. The van der Waals surface area contributed by atoms with Gasteiger partial charge in [-0.2, -0.15) is 0 Å². The van der Waals surface area contributed by atoms with E-state index in [1.54, 1.807) is 7.11 Å². The quantitative estimate of drug-likeness (QED) is 0.834. The lowest BCUT2D eigenvalue weighted by molar-refractivity contribution is 0.103. The lowest BCUT2D eigenvalue weighted by atomic mass is 10.2. The first kappa shape index (κ1) is 14.7. The molecule has 0 spiro atoms. The number of hydrogen-bond acceptors (Lipinski definition) is 5. The summed E-state index contributed by atoms with van der Waals surface area (Å²) in [6.45, 7) is 1.33. The minimum atomic E-state index is -0.430. The number of rotatable bonds is 6. The van der Waals surface area contributed by atoms with Crippen LogP contribution in [0.5, 0.6) is 11.5 Å². The molecule has 0 saturated carbocycles.